The summed E-state index contributed by atoms with van der Waals surface area (Å²) in [5, 5.41) is 4.82. The standard InChI is InChI=1S/C28H37ClN2O4/c1-19-10-8-12-22(4)35-28(33)26-20(2)16-21(3)27(29)24(26)17-23(13-9-11-19)30-34-18-25(32)31-14-6-5-7-15-31/h8-10,13,16,19,22H,5-7,11-12,14-15,17-18H2,1-4H3/b10-8+,13-9+,30-23-/t19?,22-/m1/s1. The summed E-state index contributed by atoms with van der Waals surface area (Å²) in [6, 6.07) is 1.90. The van der Waals surface area contributed by atoms with Crippen LogP contribution in [0.15, 0.2) is 35.5 Å². The van der Waals surface area contributed by atoms with Gasteiger partial charge in [0, 0.05) is 31.0 Å². The number of piperidine rings is 1. The molecule has 0 radical (unpaired) electrons. The summed E-state index contributed by atoms with van der Waals surface area (Å²) in [4.78, 5) is 33.0. The number of aryl methyl sites for hydroxylation is 2. The minimum atomic E-state index is -0.394. The number of allylic oxidation sites excluding steroid dienone is 3. The Bertz CT molecular complexity index is 1010. The lowest BCUT2D eigenvalue weighted by atomic mass is 9.94. The van der Waals surface area contributed by atoms with Crippen molar-refractivity contribution in [2.24, 2.45) is 11.1 Å². The van der Waals surface area contributed by atoms with Crippen molar-refractivity contribution >= 4 is 29.2 Å². The van der Waals surface area contributed by atoms with E-state index in [4.69, 9.17) is 21.2 Å². The molecule has 1 fully saturated rings. The topological polar surface area (TPSA) is 68.2 Å². The molecule has 1 aromatic carbocycles. The van der Waals surface area contributed by atoms with Crippen LogP contribution in [0.1, 0.15) is 73.0 Å². The second-order valence-electron chi connectivity index (χ2n) is 9.65. The molecule has 1 unspecified atom stereocenters. The number of nitrogens with zero attached hydrogens (tertiary/aromatic N) is 2. The number of ether oxygens (including phenoxy) is 1. The third kappa shape index (κ3) is 7.69. The molecule has 3 rings (SSSR count). The number of esters is 1. The van der Waals surface area contributed by atoms with E-state index in [9.17, 15) is 9.59 Å². The van der Waals surface area contributed by atoms with Gasteiger partial charge in [0.25, 0.3) is 5.91 Å². The first kappa shape index (κ1) is 27.0. The summed E-state index contributed by atoms with van der Waals surface area (Å²) in [6.45, 7) is 9.26. The number of carbonyl (C=O) groups is 2. The zero-order valence-electron chi connectivity index (χ0n) is 21.3. The molecule has 2 atom stereocenters. The lowest BCUT2D eigenvalue weighted by Gasteiger charge is -2.26. The second kappa shape index (κ2) is 12.9. The maximum Gasteiger partial charge on any atom is 0.339 e. The Balaban J connectivity index is 1.91. The van der Waals surface area contributed by atoms with Crippen molar-refractivity contribution in [3.05, 3.63) is 57.6 Å². The van der Waals surface area contributed by atoms with Gasteiger partial charge in [-0.1, -0.05) is 48.0 Å². The number of hydrogen-bond acceptors (Lipinski definition) is 5. The van der Waals surface area contributed by atoms with E-state index in [0.29, 0.717) is 40.6 Å². The Hall–Kier alpha value is -2.60. The molecule has 1 aromatic rings. The maximum atomic E-state index is 13.2. The van der Waals surface area contributed by atoms with Crippen molar-refractivity contribution in [1.29, 1.82) is 0 Å². The minimum Gasteiger partial charge on any atom is -0.459 e. The van der Waals surface area contributed by atoms with Gasteiger partial charge in [0.2, 0.25) is 0 Å². The van der Waals surface area contributed by atoms with Gasteiger partial charge in [0.15, 0.2) is 6.61 Å². The molecular weight excluding hydrogens is 464 g/mol. The van der Waals surface area contributed by atoms with E-state index in [1.165, 1.54) is 0 Å². The number of hydrogen-bond donors (Lipinski definition) is 0. The summed E-state index contributed by atoms with van der Waals surface area (Å²) in [5.41, 5.74) is 3.41. The molecule has 1 saturated heterocycles. The number of oxime groups is 1. The lowest BCUT2D eigenvalue weighted by Crippen LogP contribution is -2.37. The van der Waals surface area contributed by atoms with E-state index in [-0.39, 0.29) is 18.6 Å². The minimum absolute atomic E-state index is 0.0552. The molecule has 0 spiro atoms. The molecule has 190 valence electrons. The lowest BCUT2D eigenvalue weighted by molar-refractivity contribution is -0.137. The van der Waals surface area contributed by atoms with Gasteiger partial charge >= 0.3 is 5.97 Å². The summed E-state index contributed by atoms with van der Waals surface area (Å²) in [7, 11) is 0. The Kier molecular flexibility index (Phi) is 9.96. The molecule has 2 heterocycles. The first-order chi connectivity index (χ1) is 16.8. The highest BCUT2D eigenvalue weighted by Crippen LogP contribution is 2.30. The van der Waals surface area contributed by atoms with Crippen LogP contribution >= 0.6 is 11.6 Å². The number of cyclic esters (lactones) is 1. The van der Waals surface area contributed by atoms with Gasteiger partial charge in [-0.25, -0.2) is 4.79 Å². The van der Waals surface area contributed by atoms with Gasteiger partial charge in [-0.05, 0) is 75.1 Å². The Labute approximate surface area is 214 Å². The molecule has 0 N–H and O–H groups in total. The molecule has 2 aliphatic rings. The predicted octanol–water partition coefficient (Wildman–Crippen LogP) is 5.97. The van der Waals surface area contributed by atoms with Crippen LogP contribution < -0.4 is 0 Å². The molecule has 0 aromatic heterocycles. The third-order valence-electron chi connectivity index (χ3n) is 6.44. The summed E-state index contributed by atoms with van der Waals surface area (Å²) in [6.07, 6.45) is 12.9. The fraction of sp³-hybridized carbons (Fsp3) is 0.536. The third-order valence-corrected chi connectivity index (χ3v) is 6.97. The molecule has 0 aliphatic carbocycles. The van der Waals surface area contributed by atoms with E-state index in [1.807, 2.05) is 43.9 Å². The maximum absolute atomic E-state index is 13.2. The number of rotatable bonds is 3. The average Bonchev–Trinajstić information content (AvgIpc) is 2.82. The number of halogens is 1. The van der Waals surface area contributed by atoms with Crippen LogP contribution in [0.2, 0.25) is 5.02 Å². The van der Waals surface area contributed by atoms with Crippen LogP contribution in [-0.2, 0) is 20.8 Å². The molecule has 2 aliphatic heterocycles. The number of benzene rings is 1. The first-order valence-corrected chi connectivity index (χ1v) is 12.9. The number of fused-ring (bicyclic) bond motifs is 1. The van der Waals surface area contributed by atoms with Crippen LogP contribution in [-0.4, -0.2) is 48.3 Å². The van der Waals surface area contributed by atoms with Crippen molar-refractivity contribution in [3.63, 3.8) is 0 Å². The van der Waals surface area contributed by atoms with E-state index < -0.39 is 5.97 Å². The number of carbonyl (C=O) groups excluding carboxylic acids is 2. The van der Waals surface area contributed by atoms with Gasteiger partial charge < -0.3 is 14.5 Å². The fourth-order valence-corrected chi connectivity index (χ4v) is 4.71. The van der Waals surface area contributed by atoms with Gasteiger partial charge in [-0.15, -0.1) is 0 Å². The zero-order valence-corrected chi connectivity index (χ0v) is 22.1. The van der Waals surface area contributed by atoms with Crippen molar-refractivity contribution in [3.8, 4) is 0 Å². The van der Waals surface area contributed by atoms with Crippen molar-refractivity contribution in [2.45, 2.75) is 72.3 Å². The summed E-state index contributed by atoms with van der Waals surface area (Å²) < 4.78 is 5.76. The predicted molar refractivity (Wildman–Crippen MR) is 140 cm³/mol. The summed E-state index contributed by atoms with van der Waals surface area (Å²) in [5.74, 6) is -0.129. The first-order valence-electron chi connectivity index (χ1n) is 12.6. The van der Waals surface area contributed by atoms with E-state index in [1.54, 1.807) is 0 Å². The van der Waals surface area contributed by atoms with E-state index in [0.717, 1.165) is 49.9 Å². The second-order valence-corrected chi connectivity index (χ2v) is 10.0. The molecule has 1 amide bonds. The van der Waals surface area contributed by atoms with Crippen LogP contribution in [0, 0.1) is 19.8 Å². The summed E-state index contributed by atoms with van der Waals surface area (Å²) >= 11 is 6.71. The molecule has 0 saturated carbocycles. The zero-order chi connectivity index (χ0) is 25.4. The molecule has 7 heteroatoms. The normalized spacial score (nSPS) is 24.8. The smallest absolute Gasteiger partial charge is 0.339 e. The van der Waals surface area contributed by atoms with Gasteiger partial charge in [-0.3, -0.25) is 4.79 Å². The van der Waals surface area contributed by atoms with Crippen molar-refractivity contribution in [2.75, 3.05) is 19.7 Å². The average molecular weight is 501 g/mol. The van der Waals surface area contributed by atoms with E-state index >= 15 is 0 Å². The highest BCUT2D eigenvalue weighted by atomic mass is 35.5. The molecule has 0 bridgehead atoms. The monoisotopic (exact) mass is 500 g/mol. The van der Waals surface area contributed by atoms with Crippen LogP contribution in [0.3, 0.4) is 0 Å². The number of likely N-dealkylation sites (tertiary alicyclic amines) is 1. The van der Waals surface area contributed by atoms with Crippen LogP contribution in [0.25, 0.3) is 0 Å². The highest BCUT2D eigenvalue weighted by Gasteiger charge is 2.23. The molecule has 35 heavy (non-hydrogen) atoms. The Morgan fingerprint density at radius 1 is 1.14 bits per heavy atom. The SMILES string of the molecule is Cc1cc(C)c2c(c1Cl)CC(=N\OCC(=O)N1CCCCC1)/C=C/CC(C)/C=C/C[C@@H](C)OC2=O. The van der Waals surface area contributed by atoms with Crippen LogP contribution in [0.4, 0.5) is 0 Å². The van der Waals surface area contributed by atoms with Crippen molar-refractivity contribution < 1.29 is 19.2 Å². The molecule has 6 nitrogen and oxygen atoms in total. The van der Waals surface area contributed by atoms with Gasteiger partial charge in [0.1, 0.15) is 6.10 Å². The Morgan fingerprint density at radius 2 is 1.89 bits per heavy atom. The largest absolute Gasteiger partial charge is 0.459 e. The van der Waals surface area contributed by atoms with Gasteiger partial charge in [0.05, 0.1) is 11.3 Å². The molecular formula is C28H37ClN2O4. The fourth-order valence-electron chi connectivity index (χ4n) is 4.49. The van der Waals surface area contributed by atoms with Crippen molar-refractivity contribution in [1.82, 2.24) is 4.90 Å². The Morgan fingerprint density at radius 3 is 2.63 bits per heavy atom. The highest BCUT2D eigenvalue weighted by molar-refractivity contribution is 6.33. The van der Waals surface area contributed by atoms with Crippen LogP contribution in [0.5, 0.6) is 0 Å². The van der Waals surface area contributed by atoms with E-state index in [2.05, 4.69) is 24.2 Å². The number of amides is 1. The van der Waals surface area contributed by atoms with Gasteiger partial charge in [-0.2, -0.15) is 0 Å². The quantitative estimate of drug-likeness (QED) is 0.291.